The number of carboxylic acid groups (broad SMARTS) is 2. The highest BCUT2D eigenvalue weighted by atomic mass is 16.5. The maximum Gasteiger partial charge on any atom is 0.325 e. The Balaban J connectivity index is 0.000000195. The van der Waals surface area contributed by atoms with Crippen LogP contribution in [0.4, 0.5) is 0 Å². The summed E-state index contributed by atoms with van der Waals surface area (Å²) in [6.45, 7) is 16.0. The first-order valence-corrected chi connectivity index (χ1v) is 43.9. The number of aliphatic carboxylic acids is 2. The summed E-state index contributed by atoms with van der Waals surface area (Å²) < 4.78 is 46.7. The molecule has 0 saturated heterocycles. The van der Waals surface area contributed by atoms with Gasteiger partial charge >= 0.3 is 17.9 Å². The number of rotatable bonds is 39. The molecule has 3 atom stereocenters. The number of carboxylic acids is 2. The molecule has 3 aromatic heterocycles. The average molecular weight is 1700 g/mol. The molecule has 3 aliphatic carbocycles. The lowest BCUT2D eigenvalue weighted by atomic mass is 9.87. The van der Waals surface area contributed by atoms with Crippen molar-refractivity contribution in [2.24, 2.45) is 29.6 Å². The Morgan fingerprint density at radius 2 is 0.758 bits per heavy atom. The van der Waals surface area contributed by atoms with Crippen molar-refractivity contribution in [3.8, 4) is 68.3 Å². The molecule has 26 nitrogen and oxygen atoms in total. The predicted octanol–water partition coefficient (Wildman–Crippen LogP) is 18.3. The van der Waals surface area contributed by atoms with Crippen molar-refractivity contribution in [3.63, 3.8) is 0 Å². The normalized spacial score (nSPS) is 15.5. The number of carbonyl (C=O) groups excluding carboxylic acids is 5. The van der Waals surface area contributed by atoms with Gasteiger partial charge in [0, 0.05) is 31.1 Å². The van der Waals surface area contributed by atoms with E-state index in [1.165, 1.54) is 32.8 Å². The molecule has 6 aromatic carbocycles. The van der Waals surface area contributed by atoms with Gasteiger partial charge in [0.05, 0.1) is 87.1 Å². The van der Waals surface area contributed by atoms with E-state index in [2.05, 4.69) is 32.9 Å². The highest BCUT2D eigenvalue weighted by Gasteiger charge is 2.33. The first kappa shape index (κ1) is 94.3. The number of carbonyl (C=O) groups is 7. The molecule has 9 aromatic rings. The second-order valence-corrected chi connectivity index (χ2v) is 34.0. The Bertz CT molecular complexity index is 4910. The molecule has 3 aliphatic rings. The molecule has 12 rings (SSSR count). The number of ether oxygens (including phenoxy) is 7. The number of methoxy groups -OCH3 is 4. The maximum absolute atomic E-state index is 13.7. The Morgan fingerprint density at radius 3 is 1.13 bits per heavy atom. The van der Waals surface area contributed by atoms with Gasteiger partial charge in [0.1, 0.15) is 60.9 Å². The van der Waals surface area contributed by atoms with Crippen LogP contribution in [0, 0.1) is 29.6 Å². The van der Waals surface area contributed by atoms with Gasteiger partial charge in [-0.1, -0.05) is 196 Å². The Morgan fingerprint density at radius 1 is 0.411 bits per heavy atom. The number of benzene rings is 6. The molecule has 0 aliphatic heterocycles. The molecule has 0 bridgehead atoms. The third-order valence-corrected chi connectivity index (χ3v) is 22.7. The first-order valence-electron chi connectivity index (χ1n) is 43.9. The molecular weight excluding hydrogens is 1570 g/mol. The van der Waals surface area contributed by atoms with E-state index in [9.17, 15) is 43.8 Å². The van der Waals surface area contributed by atoms with Crippen molar-refractivity contribution in [2.45, 2.75) is 233 Å². The molecule has 0 spiro atoms. The fraction of sp³-hybridized carbons (Fsp3) is 0.469. The summed E-state index contributed by atoms with van der Waals surface area (Å²) in [6.07, 6.45) is 16.7. The summed E-state index contributed by atoms with van der Waals surface area (Å²) in [5.74, 6) is 1.74. The molecule has 0 unspecified atom stereocenters. The van der Waals surface area contributed by atoms with Crippen LogP contribution in [0.5, 0.6) is 34.5 Å². The minimum Gasteiger partial charge on any atom is -0.496 e. The number of aromatic nitrogens is 6. The van der Waals surface area contributed by atoms with E-state index < -0.39 is 36.0 Å². The summed E-state index contributed by atoms with van der Waals surface area (Å²) >= 11 is 0. The van der Waals surface area contributed by atoms with Crippen molar-refractivity contribution in [1.82, 2.24) is 50.6 Å². The lowest BCUT2D eigenvalue weighted by Crippen LogP contribution is -2.41. The van der Waals surface area contributed by atoms with Gasteiger partial charge in [-0.2, -0.15) is 15.3 Å². The van der Waals surface area contributed by atoms with Crippen LogP contribution < -0.4 is 49.7 Å². The SMILES string of the molecule is COC(=O)CNC(=O)C[C@H](CC(C)C)NC(=O)c1cc(-c2c(OC)cccc2OCc2ccccc2)n(C2CCCCC2)n1.COc1cccc(OCc2ccccc2)c1-c1cc(C(=O)N[C@H](CC(=O)O)CC(C)C)nn1C1CCC(C)CC1.COc1cccc(OCc2ccccc2)c1-c1cc(C(=O)N[C@H](CC(=O)O)CC(C)C)nn1CC1CCCCC1. The first-order chi connectivity index (χ1) is 59.9. The number of hydrogen-bond acceptors (Lipinski definition) is 17. The molecule has 0 radical (unpaired) electrons. The minimum atomic E-state index is -0.942. The summed E-state index contributed by atoms with van der Waals surface area (Å²) in [5.41, 5.74) is 8.37. The van der Waals surface area contributed by atoms with E-state index >= 15 is 0 Å². The van der Waals surface area contributed by atoms with Gasteiger partial charge in [0.2, 0.25) is 5.91 Å². The van der Waals surface area contributed by atoms with E-state index in [1.54, 1.807) is 39.5 Å². The van der Waals surface area contributed by atoms with Crippen LogP contribution in [0.25, 0.3) is 33.8 Å². The van der Waals surface area contributed by atoms with Crippen LogP contribution in [0.15, 0.2) is 164 Å². The molecule has 4 amide bonds. The van der Waals surface area contributed by atoms with Crippen molar-refractivity contribution in [2.75, 3.05) is 35.0 Å². The van der Waals surface area contributed by atoms with Crippen molar-refractivity contribution < 1.29 is 76.9 Å². The number of esters is 1. The van der Waals surface area contributed by atoms with Crippen LogP contribution >= 0.6 is 0 Å². The molecule has 6 N–H and O–H groups in total. The number of nitrogens with one attached hydrogen (secondary N) is 4. The zero-order valence-corrected chi connectivity index (χ0v) is 73.8. The molecular formula is C98H126N10O16. The van der Waals surface area contributed by atoms with Gasteiger partial charge in [0.15, 0.2) is 17.1 Å². The van der Waals surface area contributed by atoms with E-state index in [0.717, 1.165) is 115 Å². The zero-order chi connectivity index (χ0) is 88.6. The van der Waals surface area contributed by atoms with Gasteiger partial charge in [-0.05, 0) is 172 Å². The number of nitrogens with zero attached hydrogens (tertiary/aromatic N) is 6. The molecule has 124 heavy (non-hydrogen) atoms. The summed E-state index contributed by atoms with van der Waals surface area (Å²) in [7, 11) is 6.13. The molecule has 3 fully saturated rings. The monoisotopic (exact) mass is 1700 g/mol. The minimum absolute atomic E-state index is 0.0289. The van der Waals surface area contributed by atoms with E-state index in [0.29, 0.717) is 92.0 Å². The summed E-state index contributed by atoms with van der Waals surface area (Å²) in [4.78, 5) is 87.5. The van der Waals surface area contributed by atoms with Crippen LogP contribution in [0.1, 0.15) is 237 Å². The lowest BCUT2D eigenvalue weighted by molar-refractivity contribution is -0.141. The number of hydrogen-bond donors (Lipinski definition) is 6. The van der Waals surface area contributed by atoms with E-state index in [4.69, 9.17) is 43.7 Å². The van der Waals surface area contributed by atoms with Gasteiger partial charge in [-0.25, -0.2) is 0 Å². The standard InChI is InChI=1S/C34H44N4O6.2C32H41N3O5/c1-23(2)18-25(19-31(39)35-21-32(40)43-4)36-34(41)27-20-28(38(37-27)26-14-9-6-10-15-26)33-29(42-3)16-11-17-30(33)44-22-24-12-7-5-8-13-24;1-21(2)17-24(18-30(36)37)33-32(38)26-19-27(35(34-26)25-15-13-22(3)14-16-25)31-28(39-4)11-8-12-29(31)40-20-23-9-6-5-7-10-23;1-22(2)17-25(18-30(36)37)33-32(38)26-19-27(35(34-26)20-23-11-6-4-7-12-23)31-28(39-3)15-10-16-29(31)40-21-24-13-8-5-9-14-24/h5,7-8,11-13,16-17,20,23,25-26H,6,9-10,14-15,18-19,21-22H2,1-4H3,(H,35,39)(H,36,41);5-12,19,21-22,24-25H,13-18,20H2,1-4H3,(H,33,38)(H,36,37);5,8-10,13-16,19,22-23,25H,4,6-7,11-12,17-18,20-21H2,1-3H3,(H,33,38)(H,36,37)/t25-;22?,24-,25?;25-/m000/s1. The molecule has 3 saturated carbocycles. The van der Waals surface area contributed by atoms with Gasteiger partial charge < -0.3 is 64.6 Å². The molecule has 3 heterocycles. The average Bonchev–Trinajstić information content (AvgIpc) is 1.62. The highest BCUT2D eigenvalue weighted by Crippen LogP contribution is 2.46. The smallest absolute Gasteiger partial charge is 0.325 e. The third-order valence-electron chi connectivity index (χ3n) is 22.7. The van der Waals surface area contributed by atoms with Crippen LogP contribution in [0.3, 0.4) is 0 Å². The van der Waals surface area contributed by atoms with Gasteiger partial charge in [0.25, 0.3) is 17.7 Å². The Kier molecular flexibility index (Phi) is 36.2. The van der Waals surface area contributed by atoms with E-state index in [1.807, 2.05) is 201 Å². The van der Waals surface area contributed by atoms with Crippen LogP contribution in [0.2, 0.25) is 0 Å². The molecule has 664 valence electrons. The fourth-order valence-corrected chi connectivity index (χ4v) is 16.6. The largest absolute Gasteiger partial charge is 0.496 e. The third kappa shape index (κ3) is 28.0. The Labute approximate surface area is 729 Å². The maximum atomic E-state index is 13.7. The van der Waals surface area contributed by atoms with Crippen LogP contribution in [-0.2, 0) is 50.3 Å². The van der Waals surface area contributed by atoms with Crippen molar-refractivity contribution in [1.29, 1.82) is 0 Å². The quantitative estimate of drug-likeness (QED) is 0.0195. The second kappa shape index (κ2) is 47.6. The van der Waals surface area contributed by atoms with Gasteiger partial charge in [-0.3, -0.25) is 47.6 Å². The topological polar surface area (TPSA) is 326 Å². The highest BCUT2D eigenvalue weighted by molar-refractivity contribution is 5.96. The molecule has 26 heteroatoms. The van der Waals surface area contributed by atoms with E-state index in [-0.39, 0.29) is 96.4 Å². The van der Waals surface area contributed by atoms with Crippen molar-refractivity contribution >= 4 is 41.5 Å². The zero-order valence-electron chi connectivity index (χ0n) is 73.8. The summed E-state index contributed by atoms with van der Waals surface area (Å²) in [6, 6.07) is 51.1. The lowest BCUT2D eigenvalue weighted by Gasteiger charge is -2.28. The van der Waals surface area contributed by atoms with Crippen LogP contribution in [-0.4, -0.2) is 134 Å². The second-order valence-electron chi connectivity index (χ2n) is 34.0. The predicted molar refractivity (Wildman–Crippen MR) is 477 cm³/mol. The van der Waals surface area contributed by atoms with Gasteiger partial charge in [-0.15, -0.1) is 0 Å². The Hall–Kier alpha value is -12.0. The fourth-order valence-electron chi connectivity index (χ4n) is 16.6. The summed E-state index contributed by atoms with van der Waals surface area (Å²) in [5, 5.41) is 44.7. The number of amides is 4. The van der Waals surface area contributed by atoms with Crippen molar-refractivity contribution in [3.05, 3.63) is 198 Å².